The molecule has 0 bridgehead atoms. The number of hydrogen-bond acceptors (Lipinski definition) is 6. The summed E-state index contributed by atoms with van der Waals surface area (Å²) >= 11 is 8.60. The molecular formula is C26H36ClN3O3S. The molecule has 0 amide bonds. The Balaban J connectivity index is 1.36. The molecule has 1 aliphatic heterocycles. The molecule has 0 spiro atoms. The second kappa shape index (κ2) is 11.9. The zero-order valence-electron chi connectivity index (χ0n) is 19.9. The second-order valence-electron chi connectivity index (χ2n) is 9.66. The number of carboxylic acids is 1. The average Bonchev–Trinajstić information content (AvgIpc) is 3.36. The Bertz CT molecular complexity index is 985. The van der Waals surface area contributed by atoms with Gasteiger partial charge in [-0.3, -0.25) is 9.78 Å². The Labute approximate surface area is 211 Å². The number of carbonyl (C=O) groups is 1. The van der Waals surface area contributed by atoms with Gasteiger partial charge in [0.2, 0.25) is 0 Å². The molecule has 2 fully saturated rings. The van der Waals surface area contributed by atoms with Gasteiger partial charge in [-0.05, 0) is 68.3 Å². The fourth-order valence-corrected chi connectivity index (χ4v) is 7.16. The van der Waals surface area contributed by atoms with Gasteiger partial charge < -0.3 is 20.5 Å². The third-order valence-electron chi connectivity index (χ3n) is 7.51. The van der Waals surface area contributed by atoms with E-state index in [0.717, 1.165) is 59.1 Å². The van der Waals surface area contributed by atoms with Gasteiger partial charge in [-0.1, -0.05) is 24.4 Å². The fraction of sp³-hybridized carbons (Fsp3) is 0.615. The van der Waals surface area contributed by atoms with Gasteiger partial charge in [0.15, 0.2) is 0 Å². The van der Waals surface area contributed by atoms with Crippen LogP contribution in [0.2, 0.25) is 5.02 Å². The van der Waals surface area contributed by atoms with Crippen LogP contribution >= 0.6 is 23.4 Å². The number of hydrogen-bond donors (Lipinski definition) is 2. The molecule has 186 valence electrons. The van der Waals surface area contributed by atoms with Crippen molar-refractivity contribution < 1.29 is 14.6 Å². The van der Waals surface area contributed by atoms with Crippen LogP contribution in [0.4, 0.5) is 0 Å². The number of piperidine rings is 1. The smallest absolute Gasteiger partial charge is 0.308 e. The molecule has 6 nitrogen and oxygen atoms in total. The van der Waals surface area contributed by atoms with Gasteiger partial charge in [0, 0.05) is 41.7 Å². The van der Waals surface area contributed by atoms with Crippen molar-refractivity contribution in [3.8, 4) is 5.75 Å². The van der Waals surface area contributed by atoms with Gasteiger partial charge in [0.05, 0.1) is 23.6 Å². The average molecular weight is 506 g/mol. The van der Waals surface area contributed by atoms with Crippen LogP contribution < -0.4 is 10.5 Å². The molecule has 1 saturated heterocycles. The third kappa shape index (κ3) is 6.17. The Morgan fingerprint density at radius 2 is 2.15 bits per heavy atom. The molecule has 3 N–H and O–H groups in total. The van der Waals surface area contributed by atoms with Crippen molar-refractivity contribution in [1.82, 2.24) is 9.88 Å². The Morgan fingerprint density at radius 1 is 1.35 bits per heavy atom. The van der Waals surface area contributed by atoms with Gasteiger partial charge in [0.1, 0.15) is 5.75 Å². The zero-order valence-corrected chi connectivity index (χ0v) is 21.5. The first kappa shape index (κ1) is 25.5. The minimum absolute atomic E-state index is 0.128. The summed E-state index contributed by atoms with van der Waals surface area (Å²) in [7, 11) is 1.63. The van der Waals surface area contributed by atoms with Crippen molar-refractivity contribution in [3.05, 3.63) is 35.0 Å². The molecule has 2 unspecified atom stereocenters. The molecule has 1 saturated carbocycles. The molecule has 0 radical (unpaired) electrons. The molecule has 8 heteroatoms. The molecule has 2 heterocycles. The summed E-state index contributed by atoms with van der Waals surface area (Å²) in [6.07, 6.45) is 9.41. The lowest BCUT2D eigenvalue weighted by Gasteiger charge is -2.37. The van der Waals surface area contributed by atoms with Crippen LogP contribution in [0.15, 0.2) is 24.4 Å². The first-order valence-electron chi connectivity index (χ1n) is 12.4. The van der Waals surface area contributed by atoms with Gasteiger partial charge in [0.25, 0.3) is 0 Å². The van der Waals surface area contributed by atoms with Gasteiger partial charge in [-0.15, -0.1) is 0 Å². The summed E-state index contributed by atoms with van der Waals surface area (Å²) in [6, 6.07) is 5.41. The number of ether oxygens (including phenoxy) is 1. The number of likely N-dealkylation sites (tertiary alicyclic amines) is 1. The van der Waals surface area contributed by atoms with E-state index in [0.29, 0.717) is 18.0 Å². The second-order valence-corrected chi connectivity index (χ2v) is 11.5. The first-order chi connectivity index (χ1) is 16.5. The maximum Gasteiger partial charge on any atom is 0.308 e. The largest absolute Gasteiger partial charge is 0.497 e. The Hall–Kier alpha value is -1.54. The van der Waals surface area contributed by atoms with Crippen molar-refractivity contribution in [1.29, 1.82) is 0 Å². The number of fused-ring (bicyclic) bond motifs is 1. The summed E-state index contributed by atoms with van der Waals surface area (Å²) in [5.74, 6) is 0.924. The van der Waals surface area contributed by atoms with Crippen LogP contribution in [-0.2, 0) is 4.79 Å². The van der Waals surface area contributed by atoms with Gasteiger partial charge in [-0.2, -0.15) is 11.8 Å². The molecule has 2 aliphatic rings. The van der Waals surface area contributed by atoms with Crippen molar-refractivity contribution >= 4 is 40.2 Å². The molecular weight excluding hydrogens is 470 g/mol. The SMILES string of the molecule is COc1ccc2ncc(Cl)c([C@H](N)CCC3CCN(CCSC4CCCC4)CC3C(=O)O)c2c1. The summed E-state index contributed by atoms with van der Waals surface area (Å²) in [4.78, 5) is 18.9. The number of aromatic nitrogens is 1. The number of nitrogens with zero attached hydrogens (tertiary/aromatic N) is 2. The predicted octanol–water partition coefficient (Wildman–Crippen LogP) is 5.38. The minimum Gasteiger partial charge on any atom is -0.497 e. The lowest BCUT2D eigenvalue weighted by molar-refractivity contribution is -0.146. The lowest BCUT2D eigenvalue weighted by atomic mass is 9.81. The first-order valence-corrected chi connectivity index (χ1v) is 13.8. The fourth-order valence-electron chi connectivity index (χ4n) is 5.51. The van der Waals surface area contributed by atoms with Crippen molar-refractivity contribution in [3.63, 3.8) is 0 Å². The van der Waals surface area contributed by atoms with E-state index < -0.39 is 5.97 Å². The highest BCUT2D eigenvalue weighted by Gasteiger charge is 2.34. The number of aliphatic carboxylic acids is 1. The van der Waals surface area contributed by atoms with E-state index in [1.54, 1.807) is 13.3 Å². The Morgan fingerprint density at radius 3 is 2.88 bits per heavy atom. The third-order valence-corrected chi connectivity index (χ3v) is 9.17. The highest BCUT2D eigenvalue weighted by molar-refractivity contribution is 7.99. The maximum absolute atomic E-state index is 12.1. The van der Waals surface area contributed by atoms with E-state index in [-0.39, 0.29) is 17.9 Å². The summed E-state index contributed by atoms with van der Waals surface area (Å²) in [6.45, 7) is 2.58. The number of rotatable bonds is 10. The number of halogens is 1. The summed E-state index contributed by atoms with van der Waals surface area (Å²) < 4.78 is 5.38. The van der Waals surface area contributed by atoms with Crippen LogP contribution in [0, 0.1) is 11.8 Å². The van der Waals surface area contributed by atoms with E-state index in [9.17, 15) is 9.90 Å². The van der Waals surface area contributed by atoms with E-state index in [1.807, 2.05) is 18.2 Å². The van der Waals surface area contributed by atoms with Crippen molar-refractivity contribution in [2.75, 3.05) is 32.5 Å². The predicted molar refractivity (Wildman–Crippen MR) is 140 cm³/mol. The Kier molecular flexibility index (Phi) is 8.97. The van der Waals surface area contributed by atoms with Crippen LogP contribution in [-0.4, -0.2) is 58.7 Å². The normalized spacial score (nSPS) is 22.8. The van der Waals surface area contributed by atoms with Crippen molar-refractivity contribution in [2.24, 2.45) is 17.6 Å². The van der Waals surface area contributed by atoms with Crippen LogP contribution in [0.5, 0.6) is 5.75 Å². The number of thioether (sulfide) groups is 1. The molecule has 1 aromatic heterocycles. The quantitative estimate of drug-likeness (QED) is 0.448. The van der Waals surface area contributed by atoms with E-state index in [2.05, 4.69) is 21.6 Å². The topological polar surface area (TPSA) is 88.7 Å². The van der Waals surface area contributed by atoms with Gasteiger partial charge >= 0.3 is 5.97 Å². The number of carboxylic acid groups (broad SMARTS) is 1. The molecule has 3 atom stereocenters. The highest BCUT2D eigenvalue weighted by atomic mass is 35.5. The van der Waals surface area contributed by atoms with Crippen LogP contribution in [0.1, 0.15) is 56.6 Å². The van der Waals surface area contributed by atoms with E-state index >= 15 is 0 Å². The number of benzene rings is 1. The standard InChI is InChI=1S/C26H36ClN3O3S/c1-33-18-7-9-24-20(14-18)25(22(27)15-29-24)23(28)8-6-17-10-11-30(16-21(17)26(31)32)12-13-34-19-4-2-3-5-19/h7,9,14-15,17,19,21,23H,2-6,8,10-13,16,28H2,1H3,(H,31,32)/t17?,21?,23-/m1/s1. The highest BCUT2D eigenvalue weighted by Crippen LogP contribution is 2.36. The molecule has 2 aromatic rings. The monoisotopic (exact) mass is 505 g/mol. The van der Waals surface area contributed by atoms with Crippen molar-refractivity contribution in [2.45, 2.75) is 56.2 Å². The molecule has 34 heavy (non-hydrogen) atoms. The summed E-state index contributed by atoms with van der Waals surface area (Å²) in [5, 5.41) is 12.2. The number of nitrogens with two attached hydrogens (primary N) is 1. The molecule has 1 aromatic carbocycles. The molecule has 1 aliphatic carbocycles. The van der Waals surface area contributed by atoms with E-state index in [1.165, 1.54) is 25.7 Å². The lowest BCUT2D eigenvalue weighted by Crippen LogP contribution is -2.44. The molecule has 4 rings (SSSR count). The maximum atomic E-state index is 12.1. The van der Waals surface area contributed by atoms with E-state index in [4.69, 9.17) is 22.1 Å². The minimum atomic E-state index is -0.691. The number of pyridine rings is 1. The summed E-state index contributed by atoms with van der Waals surface area (Å²) in [5.41, 5.74) is 8.31. The van der Waals surface area contributed by atoms with Gasteiger partial charge in [-0.25, -0.2) is 0 Å². The zero-order chi connectivity index (χ0) is 24.1. The van der Waals surface area contributed by atoms with Crippen LogP contribution in [0.25, 0.3) is 10.9 Å². The van der Waals surface area contributed by atoms with Crippen LogP contribution in [0.3, 0.4) is 0 Å². The number of methoxy groups -OCH3 is 1.